The van der Waals surface area contributed by atoms with Crippen LogP contribution in [0.5, 0.6) is 0 Å². The van der Waals surface area contributed by atoms with Crippen LogP contribution in [-0.2, 0) is 10.3 Å². The monoisotopic (exact) mass is 225 g/mol. The largest absolute Gasteiger partial charge is 0.235 e. The van der Waals surface area contributed by atoms with Gasteiger partial charge in [-0.25, -0.2) is 9.18 Å². The highest BCUT2D eigenvalue weighted by Crippen LogP contribution is 2.47. The zero-order chi connectivity index (χ0) is 10.9. The van der Waals surface area contributed by atoms with Crippen LogP contribution in [-0.4, -0.2) is 6.08 Å². The number of benzene rings is 1. The van der Waals surface area contributed by atoms with Gasteiger partial charge in [0.1, 0.15) is 5.82 Å². The Morgan fingerprint density at radius 1 is 1.47 bits per heavy atom. The first-order chi connectivity index (χ1) is 7.18. The second-order valence-electron chi connectivity index (χ2n) is 3.71. The fraction of sp³-hybridized carbons (Fsp3) is 0.364. The van der Waals surface area contributed by atoms with Crippen molar-refractivity contribution in [2.75, 3.05) is 0 Å². The molecule has 1 aromatic rings. The summed E-state index contributed by atoms with van der Waals surface area (Å²) in [5, 5.41) is 0.454. The Morgan fingerprint density at radius 2 is 2.20 bits per heavy atom. The van der Waals surface area contributed by atoms with E-state index in [2.05, 4.69) is 4.99 Å². The Bertz CT molecular complexity index is 436. The van der Waals surface area contributed by atoms with Crippen LogP contribution in [0.25, 0.3) is 0 Å². The van der Waals surface area contributed by atoms with E-state index in [0.29, 0.717) is 10.6 Å². The topological polar surface area (TPSA) is 29.4 Å². The molecule has 1 saturated carbocycles. The van der Waals surface area contributed by atoms with Crippen molar-refractivity contribution in [1.82, 2.24) is 0 Å². The van der Waals surface area contributed by atoms with E-state index < -0.39 is 5.54 Å². The molecule has 0 bridgehead atoms. The molecule has 0 amide bonds. The number of hydrogen-bond acceptors (Lipinski definition) is 2. The molecule has 0 aromatic heterocycles. The van der Waals surface area contributed by atoms with Crippen LogP contribution in [0.1, 0.15) is 24.8 Å². The molecule has 0 heterocycles. The number of nitrogens with zero attached hydrogens (tertiary/aromatic N) is 1. The Labute approximate surface area is 91.8 Å². The highest BCUT2D eigenvalue weighted by molar-refractivity contribution is 6.31. The highest BCUT2D eigenvalue weighted by atomic mass is 35.5. The van der Waals surface area contributed by atoms with Gasteiger partial charge in [-0.15, -0.1) is 0 Å². The van der Waals surface area contributed by atoms with Gasteiger partial charge in [0.15, 0.2) is 0 Å². The second kappa shape index (κ2) is 3.76. The molecule has 0 N–H and O–H groups in total. The second-order valence-corrected chi connectivity index (χ2v) is 4.12. The molecule has 0 saturated heterocycles. The van der Waals surface area contributed by atoms with Crippen molar-refractivity contribution < 1.29 is 9.18 Å². The Morgan fingerprint density at radius 3 is 2.73 bits per heavy atom. The minimum Gasteiger partial charge on any atom is -0.211 e. The first-order valence-electron chi connectivity index (χ1n) is 4.72. The molecule has 0 aliphatic heterocycles. The van der Waals surface area contributed by atoms with Crippen molar-refractivity contribution in [2.45, 2.75) is 24.8 Å². The number of halogens is 2. The molecule has 1 aliphatic carbocycles. The van der Waals surface area contributed by atoms with E-state index in [-0.39, 0.29) is 5.82 Å². The minimum atomic E-state index is -0.624. The molecular formula is C11H9ClFNO. The number of isocyanates is 1. The van der Waals surface area contributed by atoms with Crippen LogP contribution in [0.4, 0.5) is 4.39 Å². The molecular weight excluding hydrogens is 217 g/mol. The quantitative estimate of drug-likeness (QED) is 0.561. The van der Waals surface area contributed by atoms with Gasteiger partial charge in [-0.05, 0) is 37.5 Å². The Kier molecular flexibility index (Phi) is 2.59. The van der Waals surface area contributed by atoms with Crippen molar-refractivity contribution in [3.8, 4) is 0 Å². The van der Waals surface area contributed by atoms with Crippen molar-refractivity contribution in [3.05, 3.63) is 34.6 Å². The third kappa shape index (κ3) is 1.69. The van der Waals surface area contributed by atoms with Gasteiger partial charge < -0.3 is 0 Å². The maximum atomic E-state index is 13.1. The summed E-state index contributed by atoms with van der Waals surface area (Å²) >= 11 is 5.97. The lowest BCUT2D eigenvalue weighted by Crippen LogP contribution is -2.32. The molecule has 4 heteroatoms. The van der Waals surface area contributed by atoms with Crippen LogP contribution in [0.15, 0.2) is 23.2 Å². The predicted molar refractivity (Wildman–Crippen MR) is 55.1 cm³/mol. The van der Waals surface area contributed by atoms with Gasteiger partial charge in [-0.1, -0.05) is 11.6 Å². The van der Waals surface area contributed by atoms with E-state index >= 15 is 0 Å². The number of carbonyl (C=O) groups excluding carboxylic acids is 1. The fourth-order valence-electron chi connectivity index (χ4n) is 1.89. The van der Waals surface area contributed by atoms with E-state index in [1.165, 1.54) is 18.2 Å². The number of rotatable bonds is 2. The third-order valence-corrected chi connectivity index (χ3v) is 3.20. The van der Waals surface area contributed by atoms with Gasteiger partial charge in [0.2, 0.25) is 6.08 Å². The van der Waals surface area contributed by atoms with Gasteiger partial charge in [-0.2, -0.15) is 4.99 Å². The van der Waals surface area contributed by atoms with E-state index in [1.807, 2.05) is 0 Å². The zero-order valence-corrected chi connectivity index (χ0v) is 8.72. The van der Waals surface area contributed by atoms with E-state index in [4.69, 9.17) is 11.6 Å². The van der Waals surface area contributed by atoms with E-state index in [9.17, 15) is 9.18 Å². The van der Waals surface area contributed by atoms with Crippen LogP contribution in [0, 0.1) is 5.82 Å². The molecule has 15 heavy (non-hydrogen) atoms. The van der Waals surface area contributed by atoms with Crippen LogP contribution in [0.2, 0.25) is 5.02 Å². The average molecular weight is 226 g/mol. The molecule has 0 unspecified atom stereocenters. The molecule has 78 valence electrons. The maximum Gasteiger partial charge on any atom is 0.235 e. The van der Waals surface area contributed by atoms with Gasteiger partial charge in [-0.3, -0.25) is 0 Å². The van der Waals surface area contributed by atoms with E-state index in [1.54, 1.807) is 6.08 Å². The first kappa shape index (κ1) is 10.3. The standard InChI is InChI=1S/C11H9ClFNO/c12-10-3-2-8(13)6-9(10)11(14-7-15)4-1-5-11/h2-3,6H,1,4-5H2. The summed E-state index contributed by atoms with van der Waals surface area (Å²) in [6.07, 6.45) is 3.97. The molecule has 0 atom stereocenters. The van der Waals surface area contributed by atoms with Gasteiger partial charge in [0.25, 0.3) is 0 Å². The zero-order valence-electron chi connectivity index (χ0n) is 7.96. The van der Waals surface area contributed by atoms with Crippen LogP contribution < -0.4 is 0 Å². The molecule has 0 spiro atoms. The lowest BCUT2D eigenvalue weighted by Gasteiger charge is -2.37. The lowest BCUT2D eigenvalue weighted by molar-refractivity contribution is 0.255. The normalized spacial score (nSPS) is 17.7. The molecule has 0 radical (unpaired) electrons. The van der Waals surface area contributed by atoms with Crippen LogP contribution >= 0.6 is 11.6 Å². The Balaban J connectivity index is 2.51. The van der Waals surface area contributed by atoms with Crippen molar-refractivity contribution in [1.29, 1.82) is 0 Å². The lowest BCUT2D eigenvalue weighted by atomic mass is 9.72. The fourth-order valence-corrected chi connectivity index (χ4v) is 2.19. The van der Waals surface area contributed by atoms with Gasteiger partial charge >= 0.3 is 0 Å². The minimum absolute atomic E-state index is 0.359. The summed E-state index contributed by atoms with van der Waals surface area (Å²) in [6, 6.07) is 4.14. The summed E-state index contributed by atoms with van der Waals surface area (Å²) < 4.78 is 13.1. The summed E-state index contributed by atoms with van der Waals surface area (Å²) in [5.74, 6) is -0.359. The van der Waals surface area contributed by atoms with Crippen molar-refractivity contribution >= 4 is 17.7 Å². The number of aliphatic imine (C=N–C) groups is 1. The molecule has 1 aliphatic rings. The van der Waals surface area contributed by atoms with Crippen LogP contribution in [0.3, 0.4) is 0 Å². The molecule has 2 nitrogen and oxygen atoms in total. The Hall–Kier alpha value is -1.18. The summed E-state index contributed by atoms with van der Waals surface area (Å²) in [5.41, 5.74) is -0.0280. The predicted octanol–water partition coefficient (Wildman–Crippen LogP) is 3.19. The number of hydrogen-bond donors (Lipinski definition) is 0. The van der Waals surface area contributed by atoms with E-state index in [0.717, 1.165) is 19.3 Å². The van der Waals surface area contributed by atoms with Crippen molar-refractivity contribution in [3.63, 3.8) is 0 Å². The van der Waals surface area contributed by atoms with Gasteiger partial charge in [0.05, 0.1) is 5.54 Å². The SMILES string of the molecule is O=C=NC1(c2cc(F)ccc2Cl)CCC1. The smallest absolute Gasteiger partial charge is 0.211 e. The summed E-state index contributed by atoms with van der Waals surface area (Å²) in [7, 11) is 0. The first-order valence-corrected chi connectivity index (χ1v) is 5.10. The third-order valence-electron chi connectivity index (χ3n) is 2.87. The summed E-state index contributed by atoms with van der Waals surface area (Å²) in [6.45, 7) is 0. The highest BCUT2D eigenvalue weighted by Gasteiger charge is 2.40. The van der Waals surface area contributed by atoms with Gasteiger partial charge in [0, 0.05) is 10.6 Å². The maximum absolute atomic E-state index is 13.1. The average Bonchev–Trinajstić information content (AvgIpc) is 2.16. The molecule has 1 aromatic carbocycles. The molecule has 1 fully saturated rings. The molecule has 2 rings (SSSR count). The summed E-state index contributed by atoms with van der Waals surface area (Å²) in [4.78, 5) is 14.1. The van der Waals surface area contributed by atoms with Crippen molar-refractivity contribution in [2.24, 2.45) is 4.99 Å².